The molecule has 4 heterocycles. The second-order valence-electron chi connectivity index (χ2n) is 14.7. The van der Waals surface area contributed by atoms with Crippen molar-refractivity contribution in [3.63, 3.8) is 0 Å². The van der Waals surface area contributed by atoms with Gasteiger partial charge in [0.25, 0.3) is 5.91 Å². The number of cyclic esters (lactones) is 1. The summed E-state index contributed by atoms with van der Waals surface area (Å²) >= 11 is 6.20. The van der Waals surface area contributed by atoms with Crippen LogP contribution in [0.5, 0.6) is 0 Å². The van der Waals surface area contributed by atoms with Crippen molar-refractivity contribution in [1.82, 2.24) is 19.5 Å². The monoisotopic (exact) mass is 783 g/mol. The molecule has 2 aliphatic rings. The van der Waals surface area contributed by atoms with E-state index in [2.05, 4.69) is 27.2 Å². The number of anilines is 1. The number of aliphatic hydroxyl groups is 1. The van der Waals surface area contributed by atoms with Crippen LogP contribution in [0.3, 0.4) is 0 Å². The highest BCUT2D eigenvalue weighted by atomic mass is 35.5. The van der Waals surface area contributed by atoms with Gasteiger partial charge in [0.2, 0.25) is 5.28 Å². The predicted octanol–water partition coefficient (Wildman–Crippen LogP) is 7.54. The smallest absolute Gasteiger partial charge is 0.338 e. The van der Waals surface area contributed by atoms with E-state index in [1.165, 1.54) is 70.5 Å². The molecule has 300 valence electrons. The zero-order valence-corrected chi connectivity index (χ0v) is 32.7. The van der Waals surface area contributed by atoms with Crippen LogP contribution in [-0.2, 0) is 39.9 Å². The van der Waals surface area contributed by atoms with Gasteiger partial charge in [-0.1, -0.05) is 102 Å². The summed E-state index contributed by atoms with van der Waals surface area (Å²) in [5, 5.41) is 13.5. The number of hydrogen-bond donors (Lipinski definition) is 2. The van der Waals surface area contributed by atoms with Gasteiger partial charge in [-0.3, -0.25) is 19.0 Å². The summed E-state index contributed by atoms with van der Waals surface area (Å²) in [4.78, 5) is 62.7. The van der Waals surface area contributed by atoms with E-state index < -0.39 is 41.9 Å². The lowest BCUT2D eigenvalue weighted by molar-refractivity contribution is -0.146. The highest BCUT2D eigenvalue weighted by Gasteiger charge is 2.47. The maximum absolute atomic E-state index is 13.3. The Morgan fingerprint density at radius 2 is 1.65 bits per heavy atom. The van der Waals surface area contributed by atoms with Crippen LogP contribution >= 0.6 is 11.6 Å². The Bertz CT molecular complexity index is 1770. The Hall–Kier alpha value is -4.14. The highest BCUT2D eigenvalue weighted by molar-refractivity contribution is 6.28. The SMILES string of the molecule is CCCCCCCCCCCCCCCC(=O)OCc1ccccc1C(=O)OC[C@@]1(C)O[C@@H](n2cnc3c(NC(=O)[C@H]4CCC(=O)O4)nc(Cl)nc32)C[C@@H]1O. The number of nitrogens with zero attached hydrogens (tertiary/aromatic N) is 4. The molecule has 55 heavy (non-hydrogen) atoms. The normalized spacial score (nSPS) is 20.8. The Kier molecular flexibility index (Phi) is 15.8. The zero-order valence-electron chi connectivity index (χ0n) is 31.9. The molecule has 2 saturated heterocycles. The largest absolute Gasteiger partial charge is 0.461 e. The first-order chi connectivity index (χ1) is 26.6. The standard InChI is InChI=1S/C40H54ClN5O9/c1-3-4-5-6-7-8-9-10-11-12-13-14-15-20-32(48)52-24-27-18-16-17-19-28(27)38(51)53-25-40(2)30(47)23-31(55-40)46-26-42-34-35(44-39(41)45-36(34)46)43-37(50)29-21-22-33(49)54-29/h16-19,26,29-31,47H,3-15,20-25H2,1-2H3,(H,43,44,45,50)/t29-,30+,31-,40-/m1/s1. The van der Waals surface area contributed by atoms with Crippen molar-refractivity contribution in [3.8, 4) is 0 Å². The molecule has 14 nitrogen and oxygen atoms in total. The Balaban J connectivity index is 1.06. The molecule has 0 saturated carbocycles. The summed E-state index contributed by atoms with van der Waals surface area (Å²) in [6.45, 7) is 3.53. The molecule has 2 N–H and O–H groups in total. The van der Waals surface area contributed by atoms with Crippen molar-refractivity contribution in [2.24, 2.45) is 0 Å². The fourth-order valence-electron chi connectivity index (χ4n) is 6.92. The molecule has 2 aromatic heterocycles. The maximum atomic E-state index is 13.3. The number of halogens is 1. The molecule has 2 aliphatic heterocycles. The van der Waals surface area contributed by atoms with Crippen LogP contribution in [0.25, 0.3) is 11.2 Å². The average Bonchev–Trinajstić information content (AvgIpc) is 3.88. The lowest BCUT2D eigenvalue weighted by atomic mass is 10.0. The van der Waals surface area contributed by atoms with Gasteiger partial charge in [0.15, 0.2) is 23.1 Å². The van der Waals surface area contributed by atoms with Crippen LogP contribution in [0.2, 0.25) is 5.28 Å². The minimum Gasteiger partial charge on any atom is -0.461 e. The fourth-order valence-corrected chi connectivity index (χ4v) is 7.09. The number of imidazole rings is 1. The maximum Gasteiger partial charge on any atom is 0.338 e. The van der Waals surface area contributed by atoms with Gasteiger partial charge >= 0.3 is 17.9 Å². The number of fused-ring (bicyclic) bond motifs is 1. The summed E-state index contributed by atoms with van der Waals surface area (Å²) in [7, 11) is 0. The van der Waals surface area contributed by atoms with Crippen molar-refractivity contribution in [1.29, 1.82) is 0 Å². The van der Waals surface area contributed by atoms with E-state index >= 15 is 0 Å². The van der Waals surface area contributed by atoms with Crippen molar-refractivity contribution < 1.29 is 43.2 Å². The van der Waals surface area contributed by atoms with Gasteiger partial charge in [0.05, 0.1) is 18.0 Å². The quantitative estimate of drug-likeness (QED) is 0.0443. The highest BCUT2D eigenvalue weighted by Crippen LogP contribution is 2.39. The Labute approximate surface area is 327 Å². The number of nitrogens with one attached hydrogen (secondary N) is 1. The third-order valence-electron chi connectivity index (χ3n) is 10.3. The number of esters is 3. The summed E-state index contributed by atoms with van der Waals surface area (Å²) < 4.78 is 24.0. The summed E-state index contributed by atoms with van der Waals surface area (Å²) in [5.41, 5.74) is -0.0983. The van der Waals surface area contributed by atoms with E-state index in [0.29, 0.717) is 12.0 Å². The predicted molar refractivity (Wildman–Crippen MR) is 204 cm³/mol. The Morgan fingerprint density at radius 3 is 2.33 bits per heavy atom. The van der Waals surface area contributed by atoms with Gasteiger partial charge in [0.1, 0.15) is 25.0 Å². The molecule has 0 radical (unpaired) electrons. The lowest BCUT2D eigenvalue weighted by Gasteiger charge is -2.27. The number of aliphatic hydroxyl groups excluding tert-OH is 1. The van der Waals surface area contributed by atoms with Gasteiger partial charge < -0.3 is 29.4 Å². The van der Waals surface area contributed by atoms with Crippen molar-refractivity contribution in [2.45, 2.75) is 154 Å². The van der Waals surface area contributed by atoms with Crippen LogP contribution in [0.15, 0.2) is 30.6 Å². The molecule has 4 atom stereocenters. The first-order valence-corrected chi connectivity index (χ1v) is 20.1. The van der Waals surface area contributed by atoms with Gasteiger partial charge in [0, 0.05) is 31.2 Å². The molecule has 3 aromatic rings. The number of unbranched alkanes of at least 4 members (excludes halogenated alkanes) is 12. The summed E-state index contributed by atoms with van der Waals surface area (Å²) in [5.74, 6) is -1.95. The van der Waals surface area contributed by atoms with Gasteiger partial charge in [-0.05, 0) is 31.0 Å². The van der Waals surface area contributed by atoms with Crippen LogP contribution < -0.4 is 5.32 Å². The van der Waals surface area contributed by atoms with Gasteiger partial charge in [-0.15, -0.1) is 0 Å². The molecule has 0 aliphatic carbocycles. The Morgan fingerprint density at radius 1 is 0.982 bits per heavy atom. The van der Waals surface area contributed by atoms with Gasteiger partial charge in [-0.25, -0.2) is 9.78 Å². The number of carbonyl (C=O) groups is 4. The second-order valence-corrected chi connectivity index (χ2v) is 15.0. The number of carbonyl (C=O) groups excluding carboxylic acids is 4. The minimum absolute atomic E-state index is 0.0286. The lowest BCUT2D eigenvalue weighted by Crippen LogP contribution is -2.41. The van der Waals surface area contributed by atoms with Gasteiger partial charge in [-0.2, -0.15) is 9.97 Å². The van der Waals surface area contributed by atoms with Crippen LogP contribution in [0.4, 0.5) is 5.82 Å². The molecule has 0 bridgehead atoms. The summed E-state index contributed by atoms with van der Waals surface area (Å²) in [6.07, 6.45) is 15.4. The molecule has 1 aromatic carbocycles. The van der Waals surface area contributed by atoms with E-state index in [1.54, 1.807) is 35.8 Å². The van der Waals surface area contributed by atoms with E-state index in [-0.39, 0.29) is 66.3 Å². The number of ether oxygens (including phenoxy) is 4. The molecule has 0 spiro atoms. The van der Waals surface area contributed by atoms with Crippen molar-refractivity contribution in [3.05, 3.63) is 47.0 Å². The first kappa shape index (κ1) is 42.0. The topological polar surface area (TPSA) is 181 Å². The molecule has 2 fully saturated rings. The number of benzene rings is 1. The number of amides is 1. The molecule has 5 rings (SSSR count). The molecule has 0 unspecified atom stereocenters. The molecular formula is C40H54ClN5O9. The van der Waals surface area contributed by atoms with E-state index in [9.17, 15) is 24.3 Å². The van der Waals surface area contributed by atoms with Crippen molar-refractivity contribution >= 4 is 52.4 Å². The molecule has 15 heteroatoms. The third kappa shape index (κ3) is 11.9. The van der Waals surface area contributed by atoms with Crippen LogP contribution in [0.1, 0.15) is 145 Å². The number of hydrogen-bond acceptors (Lipinski definition) is 12. The number of aromatic nitrogens is 4. The van der Waals surface area contributed by atoms with Crippen molar-refractivity contribution in [2.75, 3.05) is 11.9 Å². The van der Waals surface area contributed by atoms with E-state index in [4.69, 9.17) is 30.5 Å². The second kappa shape index (κ2) is 20.7. The zero-order chi connectivity index (χ0) is 39.2. The van der Waals surface area contributed by atoms with Crippen LogP contribution in [-0.4, -0.2) is 72.9 Å². The summed E-state index contributed by atoms with van der Waals surface area (Å²) in [6, 6.07) is 6.76. The van der Waals surface area contributed by atoms with E-state index in [1.807, 2.05) is 0 Å². The average molecular weight is 784 g/mol. The fraction of sp³-hybridized carbons (Fsp3) is 0.625. The minimum atomic E-state index is -1.30. The van der Waals surface area contributed by atoms with Crippen LogP contribution in [0, 0.1) is 0 Å². The third-order valence-corrected chi connectivity index (χ3v) is 10.4. The molecule has 1 amide bonds. The number of rotatable bonds is 22. The van der Waals surface area contributed by atoms with E-state index in [0.717, 1.165) is 19.3 Å². The molecular weight excluding hydrogens is 730 g/mol. The first-order valence-electron chi connectivity index (χ1n) is 19.7.